The van der Waals surface area contributed by atoms with E-state index in [9.17, 15) is 50.0 Å². The van der Waals surface area contributed by atoms with Crippen LogP contribution in [0.1, 0.15) is 194 Å². The fraction of sp³-hybridized carbons (Fsp3) is 0.816. The Kier molecular flexibility index (Phi) is 36.1. The van der Waals surface area contributed by atoms with Gasteiger partial charge in [-0.2, -0.15) is 0 Å². The third kappa shape index (κ3) is 30.2. The minimum absolute atomic E-state index is 0.262. The maximum atomic E-state index is 13.0. The van der Waals surface area contributed by atoms with Gasteiger partial charge in [-0.25, -0.2) is 4.57 Å². The molecular formula is C49H90NO12P. The first-order valence-corrected chi connectivity index (χ1v) is 26.2. The Morgan fingerprint density at radius 2 is 0.937 bits per heavy atom. The minimum atomic E-state index is -5.16. The first-order chi connectivity index (χ1) is 30.3. The van der Waals surface area contributed by atoms with Crippen LogP contribution in [-0.2, 0) is 18.4 Å². The third-order valence-corrected chi connectivity index (χ3v) is 12.6. The van der Waals surface area contributed by atoms with E-state index in [-0.39, 0.29) is 6.42 Å². The summed E-state index contributed by atoms with van der Waals surface area (Å²) >= 11 is 0. The van der Waals surface area contributed by atoms with Gasteiger partial charge in [0, 0.05) is 0 Å². The summed E-state index contributed by atoms with van der Waals surface area (Å²) in [6.07, 6.45) is 32.0. The van der Waals surface area contributed by atoms with Crippen LogP contribution in [0.4, 0.5) is 0 Å². The van der Waals surface area contributed by atoms with Crippen molar-refractivity contribution in [2.75, 3.05) is 6.61 Å². The van der Waals surface area contributed by atoms with Gasteiger partial charge in [0.25, 0.3) is 0 Å². The molecule has 0 spiro atoms. The molecule has 0 heterocycles. The number of unbranched alkanes of at least 4 members (excludes halogenated alkanes) is 21. The summed E-state index contributed by atoms with van der Waals surface area (Å²) < 4.78 is 22.9. The fourth-order valence-electron chi connectivity index (χ4n) is 7.56. The van der Waals surface area contributed by atoms with Crippen LogP contribution in [0.5, 0.6) is 0 Å². The Bertz CT molecular complexity index is 1260. The monoisotopic (exact) mass is 916 g/mol. The van der Waals surface area contributed by atoms with Crippen LogP contribution >= 0.6 is 7.82 Å². The number of allylic oxidation sites excluding steroid dienone is 7. The number of aliphatic hydroxyl groups excluding tert-OH is 7. The van der Waals surface area contributed by atoms with Gasteiger partial charge in [0.2, 0.25) is 5.91 Å². The maximum Gasteiger partial charge on any atom is 0.472 e. The molecule has 0 bridgehead atoms. The molecule has 1 saturated carbocycles. The first-order valence-electron chi connectivity index (χ1n) is 24.7. The van der Waals surface area contributed by atoms with Crippen molar-refractivity contribution in [2.45, 2.75) is 249 Å². The average molecular weight is 916 g/mol. The smallest absolute Gasteiger partial charge is 0.393 e. The second-order valence-corrected chi connectivity index (χ2v) is 18.9. The number of hydrogen-bond donors (Lipinski definition) is 9. The molecule has 0 aromatic rings. The molecule has 1 aliphatic carbocycles. The highest BCUT2D eigenvalue weighted by atomic mass is 31.2. The van der Waals surface area contributed by atoms with Gasteiger partial charge in [-0.3, -0.25) is 13.8 Å². The molecule has 0 aromatic carbocycles. The van der Waals surface area contributed by atoms with Crippen molar-refractivity contribution in [3.63, 3.8) is 0 Å². The van der Waals surface area contributed by atoms with E-state index >= 15 is 0 Å². The molecule has 1 rings (SSSR count). The van der Waals surface area contributed by atoms with Crippen LogP contribution in [0, 0.1) is 0 Å². The molecule has 1 amide bonds. The van der Waals surface area contributed by atoms with Crippen LogP contribution in [0.25, 0.3) is 0 Å². The zero-order valence-corrected chi connectivity index (χ0v) is 39.9. The molecule has 1 fully saturated rings. The maximum absolute atomic E-state index is 13.0. The summed E-state index contributed by atoms with van der Waals surface area (Å²) in [6, 6.07) is -1.27. The van der Waals surface area contributed by atoms with Crippen molar-refractivity contribution >= 4 is 13.7 Å². The number of nitrogens with one attached hydrogen (secondary N) is 1. The average Bonchev–Trinajstić information content (AvgIpc) is 3.26. The Balaban J connectivity index is 2.56. The van der Waals surface area contributed by atoms with Gasteiger partial charge in [-0.1, -0.05) is 165 Å². The number of amides is 1. The van der Waals surface area contributed by atoms with Crippen molar-refractivity contribution in [1.29, 1.82) is 0 Å². The molecule has 0 aliphatic heterocycles. The number of carbonyl (C=O) groups excluding carboxylic acids is 1. The largest absolute Gasteiger partial charge is 0.472 e. The molecule has 63 heavy (non-hydrogen) atoms. The number of phosphoric ester groups is 1. The van der Waals surface area contributed by atoms with E-state index in [1.807, 2.05) is 0 Å². The summed E-state index contributed by atoms with van der Waals surface area (Å²) in [5, 5.41) is 74.5. The second-order valence-electron chi connectivity index (χ2n) is 17.5. The second kappa shape index (κ2) is 38.4. The van der Waals surface area contributed by atoms with Crippen molar-refractivity contribution in [2.24, 2.45) is 0 Å². The molecule has 13 nitrogen and oxygen atoms in total. The van der Waals surface area contributed by atoms with Crippen molar-refractivity contribution in [3.8, 4) is 0 Å². The molecule has 8 unspecified atom stereocenters. The zero-order chi connectivity index (χ0) is 46.6. The first kappa shape index (κ1) is 59.3. The summed E-state index contributed by atoms with van der Waals surface area (Å²) in [6.45, 7) is 3.71. The lowest BCUT2D eigenvalue weighted by Crippen LogP contribution is -2.64. The number of hydrogen-bond acceptors (Lipinski definition) is 11. The number of carbonyl (C=O) groups is 1. The standard InChI is InChI=1S/C49H90NO12P/c1-3-5-7-9-11-13-15-17-19-21-22-24-26-28-30-32-34-36-40(51)38-43(53)50-41(39-61-63(59,60)62-49-47(57)45(55)44(54)46(56)48(49)58)42(52)37-35-33-31-29-27-25-23-20-18-16-14-12-10-8-6-4-2/h18,20-22,27,29,35,37,40-42,44-49,51-52,54-58H,3-17,19,23-26,28,30-34,36,38-39H2,1-2H3,(H,50,53)(H,59,60)/b20-18+,22-21-,29-27+,37-35+. The Morgan fingerprint density at radius 1 is 0.556 bits per heavy atom. The molecular weight excluding hydrogens is 826 g/mol. The van der Waals surface area contributed by atoms with E-state index in [1.165, 1.54) is 96.0 Å². The molecule has 8 atom stereocenters. The summed E-state index contributed by atoms with van der Waals surface area (Å²) in [5.74, 6) is -0.613. The quantitative estimate of drug-likeness (QED) is 0.0160. The van der Waals surface area contributed by atoms with E-state index in [0.717, 1.165) is 64.2 Å². The normalized spacial score (nSPS) is 23.3. The van der Waals surface area contributed by atoms with Crippen LogP contribution in [0.3, 0.4) is 0 Å². The Morgan fingerprint density at radius 3 is 1.40 bits per heavy atom. The van der Waals surface area contributed by atoms with Gasteiger partial charge >= 0.3 is 7.82 Å². The molecule has 9 N–H and O–H groups in total. The predicted octanol–water partition coefficient (Wildman–Crippen LogP) is 8.70. The number of rotatable bonds is 40. The Labute approximate surface area is 380 Å². The molecule has 368 valence electrons. The summed E-state index contributed by atoms with van der Waals surface area (Å²) in [7, 11) is -5.16. The van der Waals surface area contributed by atoms with Crippen molar-refractivity contribution in [1.82, 2.24) is 5.32 Å². The van der Waals surface area contributed by atoms with E-state index in [0.29, 0.717) is 19.3 Å². The van der Waals surface area contributed by atoms with Crippen LogP contribution in [-0.4, -0.2) is 108 Å². The van der Waals surface area contributed by atoms with Crippen LogP contribution < -0.4 is 5.32 Å². The highest BCUT2D eigenvalue weighted by Crippen LogP contribution is 2.47. The lowest BCUT2D eigenvalue weighted by Gasteiger charge is -2.41. The minimum Gasteiger partial charge on any atom is -0.393 e. The van der Waals surface area contributed by atoms with Crippen molar-refractivity contribution in [3.05, 3.63) is 48.6 Å². The lowest BCUT2D eigenvalue weighted by molar-refractivity contribution is -0.220. The lowest BCUT2D eigenvalue weighted by atomic mass is 9.85. The van der Waals surface area contributed by atoms with Gasteiger partial charge < -0.3 is 46.0 Å². The topological polar surface area (TPSA) is 226 Å². The fourth-order valence-corrected chi connectivity index (χ4v) is 8.53. The SMILES string of the molecule is CCCCCCCC/C=C/CC/C=C/CC/C=C/C(O)C(COP(=O)(O)OC1C(O)C(O)C(O)C(O)C1O)NC(=O)CC(O)CCCCCCC/C=C\CCCCCCCCCC. The van der Waals surface area contributed by atoms with Gasteiger partial charge in [0.15, 0.2) is 0 Å². The highest BCUT2D eigenvalue weighted by molar-refractivity contribution is 7.47. The highest BCUT2D eigenvalue weighted by Gasteiger charge is 2.51. The third-order valence-electron chi connectivity index (χ3n) is 11.6. The van der Waals surface area contributed by atoms with E-state index in [4.69, 9.17) is 9.05 Å². The van der Waals surface area contributed by atoms with Crippen molar-refractivity contribution < 1.29 is 59.0 Å². The van der Waals surface area contributed by atoms with Gasteiger partial charge in [0.1, 0.15) is 36.6 Å². The van der Waals surface area contributed by atoms with Crippen LogP contribution in [0.15, 0.2) is 48.6 Å². The van der Waals surface area contributed by atoms with E-state index in [1.54, 1.807) is 6.08 Å². The summed E-state index contributed by atoms with van der Waals surface area (Å²) in [5.41, 5.74) is 0. The Hall–Kier alpha value is -1.74. The predicted molar refractivity (Wildman–Crippen MR) is 252 cm³/mol. The van der Waals surface area contributed by atoms with Gasteiger partial charge in [0.05, 0.1) is 31.3 Å². The van der Waals surface area contributed by atoms with E-state index in [2.05, 4.69) is 55.6 Å². The number of phosphoric acid groups is 1. The van der Waals surface area contributed by atoms with Gasteiger partial charge in [-0.05, 0) is 70.6 Å². The molecule has 0 radical (unpaired) electrons. The molecule has 0 aromatic heterocycles. The zero-order valence-electron chi connectivity index (χ0n) is 39.0. The molecule has 1 aliphatic rings. The number of aliphatic hydroxyl groups is 7. The van der Waals surface area contributed by atoms with E-state index < -0.39 is 75.2 Å². The molecule has 14 heteroatoms. The van der Waals surface area contributed by atoms with Crippen LogP contribution in [0.2, 0.25) is 0 Å². The molecule has 0 saturated heterocycles. The van der Waals surface area contributed by atoms with Gasteiger partial charge in [-0.15, -0.1) is 0 Å². The summed E-state index contributed by atoms with van der Waals surface area (Å²) in [4.78, 5) is 23.5.